The van der Waals surface area contributed by atoms with Crippen molar-refractivity contribution in [2.45, 2.75) is 51.1 Å². The van der Waals surface area contributed by atoms with Crippen LogP contribution < -0.4 is 0 Å². The van der Waals surface area contributed by atoms with Crippen molar-refractivity contribution in [1.82, 2.24) is 4.90 Å². The number of halogens is 2. The minimum Gasteiger partial charge on any atom is -0.466 e. The van der Waals surface area contributed by atoms with Gasteiger partial charge in [-0.1, -0.05) is 12.2 Å². The molecule has 0 spiro atoms. The van der Waals surface area contributed by atoms with Crippen LogP contribution in [0.2, 0.25) is 0 Å². The molecule has 4 nitrogen and oxygen atoms in total. The minimum absolute atomic E-state index is 0.130. The van der Waals surface area contributed by atoms with E-state index < -0.39 is 5.92 Å². The van der Waals surface area contributed by atoms with Gasteiger partial charge in [-0.05, 0) is 44.4 Å². The van der Waals surface area contributed by atoms with Crippen LogP contribution in [0.3, 0.4) is 0 Å². The zero-order valence-corrected chi connectivity index (χ0v) is 14.3. The molecule has 1 aliphatic heterocycles. The van der Waals surface area contributed by atoms with E-state index in [9.17, 15) is 13.6 Å². The third-order valence-electron chi connectivity index (χ3n) is 4.36. The van der Waals surface area contributed by atoms with Crippen LogP contribution in [0, 0.1) is 0 Å². The molecule has 0 bridgehead atoms. The highest BCUT2D eigenvalue weighted by molar-refractivity contribution is 5.69. The summed E-state index contributed by atoms with van der Waals surface area (Å²) in [4.78, 5) is 13.6. The summed E-state index contributed by atoms with van der Waals surface area (Å²) in [6.45, 7) is 5.44. The molecule has 1 heterocycles. The van der Waals surface area contributed by atoms with Gasteiger partial charge in [-0.15, -0.1) is 0 Å². The molecule has 0 aromatic rings. The third kappa shape index (κ3) is 6.69. The van der Waals surface area contributed by atoms with Gasteiger partial charge in [0.25, 0.3) is 5.92 Å². The number of carbonyl (C=O) groups is 1. The summed E-state index contributed by atoms with van der Waals surface area (Å²) in [5.74, 6) is -2.84. The number of carbonyl (C=O) groups excluding carboxylic acids is 1. The van der Waals surface area contributed by atoms with Gasteiger partial charge in [0.1, 0.15) is 0 Å². The van der Waals surface area contributed by atoms with Crippen molar-refractivity contribution < 1.29 is 23.0 Å². The lowest BCUT2D eigenvalue weighted by atomic mass is 10.0. The summed E-state index contributed by atoms with van der Waals surface area (Å²) in [6, 6.07) is 0. The van der Waals surface area contributed by atoms with Gasteiger partial charge in [-0.3, -0.25) is 4.79 Å². The SMILES string of the molecule is CCOC(=O)CCCN1CCC(OCC2=CCC(F)(F)C=C2)CC1. The maximum atomic E-state index is 13.0. The Morgan fingerprint density at radius 2 is 2.12 bits per heavy atom. The van der Waals surface area contributed by atoms with E-state index in [4.69, 9.17) is 9.47 Å². The molecular formula is C18H27F2NO3. The number of hydrogen-bond acceptors (Lipinski definition) is 4. The van der Waals surface area contributed by atoms with E-state index in [1.54, 1.807) is 6.08 Å². The average Bonchev–Trinajstić information content (AvgIpc) is 2.55. The first-order chi connectivity index (χ1) is 11.5. The summed E-state index contributed by atoms with van der Waals surface area (Å²) < 4.78 is 36.8. The van der Waals surface area contributed by atoms with Gasteiger partial charge in [-0.2, -0.15) is 0 Å². The molecule has 0 atom stereocenters. The smallest absolute Gasteiger partial charge is 0.305 e. The summed E-state index contributed by atoms with van der Waals surface area (Å²) >= 11 is 0. The first-order valence-electron chi connectivity index (χ1n) is 8.74. The number of ether oxygens (including phenoxy) is 2. The highest BCUT2D eigenvalue weighted by Crippen LogP contribution is 2.26. The van der Waals surface area contributed by atoms with Crippen LogP contribution in [0.5, 0.6) is 0 Å². The number of nitrogens with zero attached hydrogens (tertiary/aromatic N) is 1. The van der Waals surface area contributed by atoms with E-state index in [0.717, 1.165) is 50.5 Å². The van der Waals surface area contributed by atoms with E-state index >= 15 is 0 Å². The van der Waals surface area contributed by atoms with Crippen LogP contribution in [-0.2, 0) is 14.3 Å². The van der Waals surface area contributed by atoms with Crippen molar-refractivity contribution in [2.24, 2.45) is 0 Å². The molecule has 0 aromatic carbocycles. The number of esters is 1. The molecule has 1 fully saturated rings. The maximum absolute atomic E-state index is 13.0. The fourth-order valence-corrected chi connectivity index (χ4v) is 2.93. The van der Waals surface area contributed by atoms with Gasteiger partial charge in [0.05, 0.1) is 19.3 Å². The molecule has 0 saturated carbocycles. The number of piperidine rings is 1. The molecular weight excluding hydrogens is 316 g/mol. The highest BCUT2D eigenvalue weighted by Gasteiger charge is 2.26. The molecule has 2 rings (SSSR count). The van der Waals surface area contributed by atoms with Gasteiger partial charge in [0, 0.05) is 25.9 Å². The van der Waals surface area contributed by atoms with Gasteiger partial charge >= 0.3 is 5.97 Å². The van der Waals surface area contributed by atoms with Crippen LogP contribution in [0.1, 0.15) is 39.0 Å². The van der Waals surface area contributed by atoms with Crippen molar-refractivity contribution in [2.75, 3.05) is 32.8 Å². The standard InChI is InChI=1S/C18H27F2NO3/c1-2-23-17(22)4-3-11-21-12-7-16(8-13-21)24-14-15-5-9-18(19,20)10-6-15/h5-6,9,16H,2-4,7-8,10-14H2,1H3. The Kier molecular flexibility index (Phi) is 7.37. The van der Waals surface area contributed by atoms with Gasteiger partial charge in [0.2, 0.25) is 0 Å². The average molecular weight is 343 g/mol. The minimum atomic E-state index is -2.71. The number of allylic oxidation sites excluding steroid dienone is 2. The molecule has 0 aromatic heterocycles. The Hall–Kier alpha value is -1.27. The Balaban J connectivity index is 1.57. The van der Waals surface area contributed by atoms with Gasteiger partial charge < -0.3 is 14.4 Å². The molecule has 6 heteroatoms. The second kappa shape index (κ2) is 9.28. The van der Waals surface area contributed by atoms with Crippen LogP contribution in [0.25, 0.3) is 0 Å². The molecule has 0 N–H and O–H groups in total. The first-order valence-corrected chi connectivity index (χ1v) is 8.74. The lowest BCUT2D eigenvalue weighted by Crippen LogP contribution is -2.38. The second-order valence-corrected chi connectivity index (χ2v) is 6.34. The number of likely N-dealkylation sites (tertiary alicyclic amines) is 1. The Morgan fingerprint density at radius 1 is 1.38 bits per heavy atom. The van der Waals surface area contributed by atoms with Gasteiger partial charge in [0.15, 0.2) is 0 Å². The topological polar surface area (TPSA) is 38.8 Å². The lowest BCUT2D eigenvalue weighted by Gasteiger charge is -2.32. The van der Waals surface area contributed by atoms with Crippen molar-refractivity contribution in [1.29, 1.82) is 0 Å². The van der Waals surface area contributed by atoms with Crippen LogP contribution in [0.4, 0.5) is 8.78 Å². The van der Waals surface area contributed by atoms with Crippen LogP contribution in [0.15, 0.2) is 23.8 Å². The van der Waals surface area contributed by atoms with Crippen molar-refractivity contribution >= 4 is 5.97 Å². The normalized spacial score (nSPS) is 21.5. The molecule has 0 unspecified atom stereocenters. The zero-order chi connectivity index (χ0) is 17.4. The first kappa shape index (κ1) is 19.1. The van der Waals surface area contributed by atoms with E-state index in [0.29, 0.717) is 19.6 Å². The Labute approximate surface area is 142 Å². The van der Waals surface area contributed by atoms with Crippen LogP contribution in [-0.4, -0.2) is 55.7 Å². The van der Waals surface area contributed by atoms with Gasteiger partial charge in [-0.25, -0.2) is 8.78 Å². The monoisotopic (exact) mass is 343 g/mol. The van der Waals surface area contributed by atoms with E-state index in [1.807, 2.05) is 6.92 Å². The third-order valence-corrected chi connectivity index (χ3v) is 4.36. The highest BCUT2D eigenvalue weighted by atomic mass is 19.3. The molecule has 2 aliphatic rings. The quantitative estimate of drug-likeness (QED) is 0.634. The number of alkyl halides is 2. The summed E-state index contributed by atoms with van der Waals surface area (Å²) in [7, 11) is 0. The molecule has 0 radical (unpaired) electrons. The Morgan fingerprint density at radius 3 is 2.75 bits per heavy atom. The predicted octanol–water partition coefficient (Wildman–Crippen LogP) is 3.33. The van der Waals surface area contributed by atoms with E-state index in [-0.39, 0.29) is 18.5 Å². The predicted molar refractivity (Wildman–Crippen MR) is 88.1 cm³/mol. The lowest BCUT2D eigenvalue weighted by molar-refractivity contribution is -0.143. The van der Waals surface area contributed by atoms with E-state index in [1.165, 1.54) is 6.08 Å². The van der Waals surface area contributed by atoms with Crippen molar-refractivity contribution in [3.63, 3.8) is 0 Å². The largest absolute Gasteiger partial charge is 0.466 e. The molecule has 1 saturated heterocycles. The maximum Gasteiger partial charge on any atom is 0.305 e. The Bertz CT molecular complexity index is 469. The molecule has 24 heavy (non-hydrogen) atoms. The fourth-order valence-electron chi connectivity index (χ4n) is 2.93. The number of rotatable bonds is 8. The molecule has 0 amide bonds. The molecule has 1 aliphatic carbocycles. The summed E-state index contributed by atoms with van der Waals surface area (Å²) in [5, 5.41) is 0. The van der Waals surface area contributed by atoms with Crippen LogP contribution >= 0.6 is 0 Å². The zero-order valence-electron chi connectivity index (χ0n) is 14.3. The second-order valence-electron chi connectivity index (χ2n) is 6.34. The number of hydrogen-bond donors (Lipinski definition) is 0. The fraction of sp³-hybridized carbons (Fsp3) is 0.722. The van der Waals surface area contributed by atoms with E-state index in [2.05, 4.69) is 4.90 Å². The summed E-state index contributed by atoms with van der Waals surface area (Å²) in [6.07, 6.45) is 7.09. The summed E-state index contributed by atoms with van der Waals surface area (Å²) in [5.41, 5.74) is 0.831. The van der Waals surface area contributed by atoms with Crippen molar-refractivity contribution in [3.05, 3.63) is 23.8 Å². The van der Waals surface area contributed by atoms with Crippen molar-refractivity contribution in [3.8, 4) is 0 Å². The molecule has 136 valence electrons.